The van der Waals surface area contributed by atoms with Crippen molar-refractivity contribution in [2.45, 2.75) is 13.3 Å². The molecule has 0 N–H and O–H groups in total. The van der Waals surface area contributed by atoms with Gasteiger partial charge in [-0.25, -0.2) is 0 Å². The van der Waals surface area contributed by atoms with Gasteiger partial charge in [-0.1, -0.05) is 24.3 Å². The van der Waals surface area contributed by atoms with Crippen LogP contribution < -0.4 is 4.80 Å². The minimum absolute atomic E-state index is 0.261. The molecule has 0 spiro atoms. The van der Waals surface area contributed by atoms with Gasteiger partial charge in [0.25, 0.3) is 0 Å². The van der Waals surface area contributed by atoms with Gasteiger partial charge in [-0.2, -0.15) is 4.99 Å². The molecular weight excluding hydrogens is 272 g/mol. The number of carbonyl (C=O) groups is 1. The molecule has 0 atom stereocenters. The highest BCUT2D eigenvalue weighted by Crippen LogP contribution is 2.18. The Bertz CT molecular complexity index is 825. The number of amides is 1. The monoisotopic (exact) mass is 286 g/mol. The molecule has 2 heterocycles. The number of carbonyl (C=O) groups excluding carboxylic acids is 1. The fourth-order valence-electron chi connectivity index (χ4n) is 2.05. The molecule has 0 unspecified atom stereocenters. The summed E-state index contributed by atoms with van der Waals surface area (Å²) >= 11 is 1.51. The van der Waals surface area contributed by atoms with Gasteiger partial charge in [-0.3, -0.25) is 4.79 Å². The molecule has 20 heavy (non-hydrogen) atoms. The van der Waals surface area contributed by atoms with Gasteiger partial charge >= 0.3 is 5.91 Å². The summed E-state index contributed by atoms with van der Waals surface area (Å²) in [6, 6.07) is 9.63. The molecule has 0 saturated heterocycles. The second kappa shape index (κ2) is 5.09. The van der Waals surface area contributed by atoms with Gasteiger partial charge in [0.05, 0.1) is 16.5 Å². The van der Waals surface area contributed by atoms with E-state index in [0.717, 1.165) is 16.6 Å². The molecular formula is C15H14N2O2S. The lowest BCUT2D eigenvalue weighted by atomic mass is 10.2. The van der Waals surface area contributed by atoms with Gasteiger partial charge in [0.1, 0.15) is 0 Å². The Labute approximate surface area is 120 Å². The smallest absolute Gasteiger partial charge is 0.315 e. The number of nitrogens with zero attached hydrogens (tertiary/aromatic N) is 2. The highest BCUT2D eigenvalue weighted by Gasteiger charge is 2.09. The van der Waals surface area contributed by atoms with E-state index >= 15 is 0 Å². The molecule has 0 aliphatic heterocycles. The number of rotatable bonds is 2. The topological polar surface area (TPSA) is 47.5 Å². The van der Waals surface area contributed by atoms with Crippen molar-refractivity contribution < 1.29 is 9.21 Å². The van der Waals surface area contributed by atoms with E-state index in [4.69, 9.17) is 4.42 Å². The van der Waals surface area contributed by atoms with Gasteiger partial charge < -0.3 is 8.98 Å². The fraction of sp³-hybridized carbons (Fsp3) is 0.200. The lowest BCUT2D eigenvalue weighted by Gasteiger charge is -1.97. The van der Waals surface area contributed by atoms with E-state index in [2.05, 4.69) is 30.1 Å². The molecule has 0 aliphatic carbocycles. The van der Waals surface area contributed by atoms with Crippen molar-refractivity contribution in [1.29, 1.82) is 0 Å². The SMILES string of the molecule is CCc1ccc2c(c1)sc(=NC(=O)c1ccco1)n2C. The van der Waals surface area contributed by atoms with Crippen molar-refractivity contribution in [2.75, 3.05) is 0 Å². The third kappa shape index (κ3) is 2.20. The van der Waals surface area contributed by atoms with E-state index in [1.165, 1.54) is 23.2 Å². The Kier molecular flexibility index (Phi) is 3.28. The van der Waals surface area contributed by atoms with E-state index in [1.54, 1.807) is 12.1 Å². The predicted molar refractivity (Wildman–Crippen MR) is 78.8 cm³/mol. The van der Waals surface area contributed by atoms with Crippen LogP contribution >= 0.6 is 11.3 Å². The average molecular weight is 286 g/mol. The van der Waals surface area contributed by atoms with Crippen LogP contribution in [0.25, 0.3) is 10.2 Å². The van der Waals surface area contributed by atoms with Crippen LogP contribution in [0.2, 0.25) is 0 Å². The van der Waals surface area contributed by atoms with E-state index in [9.17, 15) is 4.79 Å². The maximum atomic E-state index is 12.0. The summed E-state index contributed by atoms with van der Waals surface area (Å²) in [7, 11) is 1.92. The first-order chi connectivity index (χ1) is 9.69. The third-order valence-electron chi connectivity index (χ3n) is 3.21. The molecule has 0 saturated carbocycles. The zero-order valence-corrected chi connectivity index (χ0v) is 12.1. The Balaban J connectivity index is 2.12. The number of aryl methyl sites for hydroxylation is 2. The summed E-state index contributed by atoms with van der Waals surface area (Å²) in [5, 5.41) is 0. The normalized spacial score (nSPS) is 12.2. The second-order valence-corrected chi connectivity index (χ2v) is 5.50. The Morgan fingerprint density at radius 2 is 2.25 bits per heavy atom. The number of thiazole rings is 1. The van der Waals surface area contributed by atoms with E-state index in [0.29, 0.717) is 4.80 Å². The molecule has 4 nitrogen and oxygen atoms in total. The number of hydrogen-bond donors (Lipinski definition) is 0. The van der Waals surface area contributed by atoms with Crippen LogP contribution in [0.4, 0.5) is 0 Å². The second-order valence-electron chi connectivity index (χ2n) is 4.49. The molecule has 1 aromatic carbocycles. The van der Waals surface area contributed by atoms with Crippen molar-refractivity contribution in [1.82, 2.24) is 4.57 Å². The van der Waals surface area contributed by atoms with Crippen LogP contribution in [0.15, 0.2) is 46.0 Å². The van der Waals surface area contributed by atoms with Gasteiger partial charge in [0.15, 0.2) is 10.6 Å². The Morgan fingerprint density at radius 3 is 2.95 bits per heavy atom. The molecule has 0 fully saturated rings. The predicted octanol–water partition coefficient (Wildman–Crippen LogP) is 3.14. The maximum absolute atomic E-state index is 12.0. The number of furan rings is 1. The Morgan fingerprint density at radius 1 is 1.40 bits per heavy atom. The van der Waals surface area contributed by atoms with Gasteiger partial charge in [-0.05, 0) is 36.2 Å². The van der Waals surface area contributed by atoms with E-state index in [1.807, 2.05) is 11.6 Å². The largest absolute Gasteiger partial charge is 0.459 e. The Hall–Kier alpha value is -2.14. The standard InChI is InChI=1S/C15H14N2O2S/c1-3-10-6-7-11-13(9-10)20-15(17(11)2)16-14(18)12-5-4-8-19-12/h4-9H,3H2,1-2H3. The van der Waals surface area contributed by atoms with Crippen LogP contribution in [0.5, 0.6) is 0 Å². The fourth-order valence-corrected chi connectivity index (χ4v) is 3.13. The molecule has 0 radical (unpaired) electrons. The van der Waals surface area contributed by atoms with Crippen LogP contribution in [-0.2, 0) is 13.5 Å². The van der Waals surface area contributed by atoms with Gasteiger partial charge in [0, 0.05) is 7.05 Å². The van der Waals surface area contributed by atoms with E-state index < -0.39 is 0 Å². The first kappa shape index (κ1) is 12.9. The molecule has 102 valence electrons. The van der Waals surface area contributed by atoms with Crippen molar-refractivity contribution in [2.24, 2.45) is 12.0 Å². The summed E-state index contributed by atoms with van der Waals surface area (Å²) in [6.07, 6.45) is 2.47. The van der Waals surface area contributed by atoms with E-state index in [-0.39, 0.29) is 11.7 Å². The van der Waals surface area contributed by atoms with Crippen molar-refractivity contribution in [3.63, 3.8) is 0 Å². The molecule has 1 amide bonds. The highest BCUT2D eigenvalue weighted by molar-refractivity contribution is 7.16. The zero-order valence-electron chi connectivity index (χ0n) is 11.3. The number of aromatic nitrogens is 1. The summed E-state index contributed by atoms with van der Waals surface area (Å²) in [5.74, 6) is -0.0930. The maximum Gasteiger partial charge on any atom is 0.315 e. The van der Waals surface area contributed by atoms with Crippen molar-refractivity contribution >= 4 is 27.5 Å². The minimum atomic E-state index is -0.354. The minimum Gasteiger partial charge on any atom is -0.459 e. The quantitative estimate of drug-likeness (QED) is 0.726. The number of fused-ring (bicyclic) bond motifs is 1. The van der Waals surface area contributed by atoms with Crippen molar-refractivity contribution in [3.8, 4) is 0 Å². The van der Waals surface area contributed by atoms with Crippen LogP contribution in [-0.4, -0.2) is 10.5 Å². The first-order valence-corrected chi connectivity index (χ1v) is 7.21. The average Bonchev–Trinajstić information content (AvgIpc) is 3.08. The first-order valence-electron chi connectivity index (χ1n) is 6.40. The van der Waals surface area contributed by atoms with Crippen LogP contribution in [0.3, 0.4) is 0 Å². The summed E-state index contributed by atoms with van der Waals surface area (Å²) in [5.41, 5.74) is 2.36. The number of benzene rings is 1. The number of hydrogen-bond acceptors (Lipinski definition) is 3. The highest BCUT2D eigenvalue weighted by atomic mass is 32.1. The molecule has 5 heteroatoms. The lowest BCUT2D eigenvalue weighted by molar-refractivity contribution is 0.0971. The summed E-state index contributed by atoms with van der Waals surface area (Å²) < 4.78 is 8.14. The van der Waals surface area contributed by atoms with Gasteiger partial charge in [0.2, 0.25) is 0 Å². The lowest BCUT2D eigenvalue weighted by Crippen LogP contribution is -2.12. The van der Waals surface area contributed by atoms with Crippen LogP contribution in [0, 0.1) is 0 Å². The zero-order chi connectivity index (χ0) is 14.1. The summed E-state index contributed by atoms with van der Waals surface area (Å²) in [4.78, 5) is 16.8. The van der Waals surface area contributed by atoms with Crippen molar-refractivity contribution in [3.05, 3.63) is 52.7 Å². The molecule has 0 aliphatic rings. The summed E-state index contributed by atoms with van der Waals surface area (Å²) in [6.45, 7) is 2.13. The van der Waals surface area contributed by atoms with Crippen LogP contribution in [0.1, 0.15) is 23.0 Å². The molecule has 2 aromatic heterocycles. The molecule has 3 aromatic rings. The van der Waals surface area contributed by atoms with Gasteiger partial charge in [-0.15, -0.1) is 0 Å². The molecule has 3 rings (SSSR count). The molecule has 0 bridgehead atoms. The third-order valence-corrected chi connectivity index (χ3v) is 4.31.